The number of amides is 2. The minimum absolute atomic E-state index is 0.0345. The smallest absolute Gasteiger partial charge is 0.410 e. The minimum Gasteiger partial charge on any atom is -0.444 e. The summed E-state index contributed by atoms with van der Waals surface area (Å²) in [5.74, 6) is -0.0691. The summed E-state index contributed by atoms with van der Waals surface area (Å²) in [7, 11) is 0. The maximum absolute atomic E-state index is 12.9. The van der Waals surface area contributed by atoms with Crippen molar-refractivity contribution in [1.82, 2.24) is 14.9 Å². The first-order chi connectivity index (χ1) is 21.9. The van der Waals surface area contributed by atoms with Crippen LogP contribution in [-0.4, -0.2) is 75.9 Å². The van der Waals surface area contributed by atoms with Crippen molar-refractivity contribution < 1.29 is 28.5 Å². The molecule has 46 heavy (non-hydrogen) atoms. The Morgan fingerprint density at radius 2 is 1.91 bits per heavy atom. The molecule has 5 heterocycles. The van der Waals surface area contributed by atoms with Crippen LogP contribution in [0, 0.1) is 5.41 Å². The Morgan fingerprint density at radius 3 is 2.70 bits per heavy atom. The van der Waals surface area contributed by atoms with Crippen LogP contribution in [-0.2, 0) is 18.9 Å². The maximum atomic E-state index is 12.9. The summed E-state index contributed by atoms with van der Waals surface area (Å²) < 4.78 is 25.3. The quantitative estimate of drug-likeness (QED) is 0.331. The van der Waals surface area contributed by atoms with E-state index in [4.69, 9.17) is 18.9 Å². The molecule has 3 fully saturated rings. The lowest BCUT2D eigenvalue weighted by atomic mass is 9.83. The molecule has 242 valence electrons. The number of ether oxygens (including phenoxy) is 4. The molecule has 1 N–H and O–H groups in total. The summed E-state index contributed by atoms with van der Waals surface area (Å²) in [6, 6.07) is 9.00. The van der Waals surface area contributed by atoms with Crippen LogP contribution in [0.15, 0.2) is 60.2 Å². The molecule has 2 aromatic rings. The molecule has 3 saturated heterocycles. The molecule has 11 nitrogen and oxygen atoms in total. The number of benzene rings is 1. The molecule has 11 heteroatoms. The average Bonchev–Trinajstić information content (AvgIpc) is 3.77. The maximum Gasteiger partial charge on any atom is 0.410 e. The standard InChI is InChI=1S/C35H41N5O6/c1-33(2,3)46-32(42)39-17-15-35(20-39)14-13-22(19-35)18-25-26-27(45-34(4,5)44-26)31(43-25)40-16-9-12-24-28(36-21-37-29(24)40)38-30(41)23-10-7-6-8-11-23/h6-8,10-13,16,21,25-27,31H,14-15,17-20H2,1-5H3,(H,36,37,38,41)/t25-,26+,27-,31-,35?/m1/s1. The van der Waals surface area contributed by atoms with Gasteiger partial charge in [0.2, 0.25) is 0 Å². The van der Waals surface area contributed by atoms with Gasteiger partial charge < -0.3 is 29.2 Å². The van der Waals surface area contributed by atoms with Gasteiger partial charge in [0.1, 0.15) is 35.8 Å². The fourth-order valence-electron chi connectivity index (χ4n) is 7.23. The van der Waals surface area contributed by atoms with E-state index in [1.165, 1.54) is 11.9 Å². The Labute approximate surface area is 269 Å². The molecule has 4 aliphatic heterocycles. The van der Waals surface area contributed by atoms with Crippen molar-refractivity contribution >= 4 is 29.7 Å². The Balaban J connectivity index is 1.07. The van der Waals surface area contributed by atoms with Crippen LogP contribution < -0.4 is 10.2 Å². The molecule has 0 saturated carbocycles. The molecule has 1 spiro atoms. The summed E-state index contributed by atoms with van der Waals surface area (Å²) in [5, 5.41) is 2.92. The van der Waals surface area contributed by atoms with Crippen molar-refractivity contribution in [3.63, 3.8) is 0 Å². The number of hydrogen-bond acceptors (Lipinski definition) is 9. The molecule has 5 aliphatic rings. The molecule has 0 radical (unpaired) electrons. The lowest BCUT2D eigenvalue weighted by Crippen LogP contribution is -2.42. The Kier molecular flexibility index (Phi) is 7.55. The molecule has 0 bridgehead atoms. The number of likely N-dealkylation sites (tertiary alicyclic amines) is 1. The third-order valence-electron chi connectivity index (χ3n) is 9.20. The Morgan fingerprint density at radius 1 is 1.13 bits per heavy atom. The van der Waals surface area contributed by atoms with E-state index in [9.17, 15) is 9.59 Å². The van der Waals surface area contributed by atoms with E-state index in [-0.39, 0.29) is 35.7 Å². The fraction of sp³-hybridized carbons (Fsp3) is 0.514. The summed E-state index contributed by atoms with van der Waals surface area (Å²) >= 11 is 0. The lowest BCUT2D eigenvalue weighted by molar-refractivity contribution is -0.186. The van der Waals surface area contributed by atoms with E-state index in [0.29, 0.717) is 42.3 Å². The van der Waals surface area contributed by atoms with Crippen LogP contribution in [0.5, 0.6) is 0 Å². The average molecular weight is 628 g/mol. The van der Waals surface area contributed by atoms with Gasteiger partial charge in [-0.25, -0.2) is 14.8 Å². The molecule has 1 aromatic carbocycles. The van der Waals surface area contributed by atoms with Crippen LogP contribution in [0.4, 0.5) is 16.4 Å². The molecular formula is C35H41N5O6. The van der Waals surface area contributed by atoms with Gasteiger partial charge in [0.05, 0.1) is 17.9 Å². The summed E-state index contributed by atoms with van der Waals surface area (Å²) in [6.07, 6.45) is 9.10. The molecule has 1 unspecified atom stereocenters. The molecular weight excluding hydrogens is 586 g/mol. The topological polar surface area (TPSA) is 115 Å². The summed E-state index contributed by atoms with van der Waals surface area (Å²) in [6.45, 7) is 10.9. The predicted octanol–water partition coefficient (Wildman–Crippen LogP) is 5.66. The third kappa shape index (κ3) is 5.96. The van der Waals surface area contributed by atoms with Crippen molar-refractivity contribution in [1.29, 1.82) is 0 Å². The van der Waals surface area contributed by atoms with Gasteiger partial charge in [-0.2, -0.15) is 0 Å². The zero-order chi connectivity index (χ0) is 32.3. The van der Waals surface area contributed by atoms with Crippen LogP contribution in [0.2, 0.25) is 0 Å². The van der Waals surface area contributed by atoms with E-state index in [1.54, 1.807) is 24.4 Å². The van der Waals surface area contributed by atoms with Crippen LogP contribution in [0.3, 0.4) is 0 Å². The Hall–Kier alpha value is -4.02. The van der Waals surface area contributed by atoms with Crippen LogP contribution in [0.25, 0.3) is 6.08 Å². The van der Waals surface area contributed by atoms with E-state index in [2.05, 4.69) is 27.1 Å². The largest absolute Gasteiger partial charge is 0.444 e. The second kappa shape index (κ2) is 11.3. The second-order valence-corrected chi connectivity index (χ2v) is 14.4. The molecule has 5 atom stereocenters. The highest BCUT2D eigenvalue weighted by atomic mass is 16.8. The third-order valence-corrected chi connectivity index (χ3v) is 9.20. The number of rotatable bonds is 5. The minimum atomic E-state index is -0.779. The number of nitrogens with one attached hydrogen (secondary N) is 1. The molecule has 1 aliphatic carbocycles. The van der Waals surface area contributed by atoms with Gasteiger partial charge in [0, 0.05) is 18.7 Å². The monoisotopic (exact) mass is 627 g/mol. The number of aromatic nitrogens is 2. The molecule has 1 aromatic heterocycles. The first kappa shape index (κ1) is 30.6. The number of carbonyl (C=O) groups is 2. The van der Waals surface area contributed by atoms with Crippen molar-refractivity contribution in [3.05, 3.63) is 71.4 Å². The lowest BCUT2D eigenvalue weighted by Gasteiger charge is -2.32. The first-order valence-corrected chi connectivity index (χ1v) is 16.0. The van der Waals surface area contributed by atoms with E-state index >= 15 is 0 Å². The van der Waals surface area contributed by atoms with E-state index in [1.807, 2.05) is 62.6 Å². The number of anilines is 2. The number of fused-ring (bicyclic) bond motifs is 2. The zero-order valence-corrected chi connectivity index (χ0v) is 27.0. The van der Waals surface area contributed by atoms with Crippen molar-refractivity contribution in [2.75, 3.05) is 23.3 Å². The van der Waals surface area contributed by atoms with E-state index < -0.39 is 17.6 Å². The Bertz CT molecular complexity index is 1630. The summed E-state index contributed by atoms with van der Waals surface area (Å²) in [4.78, 5) is 38.4. The SMILES string of the molecule is CC(C)(C)OC(=O)N1CCC2(CC=C(C[C@H]3O[C@@H](N4C=C=Cc5c(NC(=O)c6ccccc6)ncnc54)[C@@H]4OC(C)(C)O[C@H]43)C2)C1. The van der Waals surface area contributed by atoms with E-state index in [0.717, 1.165) is 19.3 Å². The summed E-state index contributed by atoms with van der Waals surface area (Å²) in [5.41, 5.74) is 5.18. The number of carbonyl (C=O) groups excluding carboxylic acids is 2. The number of allylic oxidation sites excluding steroid dienone is 1. The van der Waals surface area contributed by atoms with Gasteiger partial charge >= 0.3 is 6.09 Å². The van der Waals surface area contributed by atoms with Gasteiger partial charge in [-0.05, 0) is 83.9 Å². The molecule has 7 rings (SSSR count). The van der Waals surface area contributed by atoms with Gasteiger partial charge in [0.15, 0.2) is 12.0 Å². The van der Waals surface area contributed by atoms with Crippen LogP contribution >= 0.6 is 0 Å². The number of nitrogens with zero attached hydrogens (tertiary/aromatic N) is 4. The van der Waals surface area contributed by atoms with Gasteiger partial charge in [-0.15, -0.1) is 5.73 Å². The highest BCUT2D eigenvalue weighted by Crippen LogP contribution is 2.49. The fourth-order valence-corrected chi connectivity index (χ4v) is 7.23. The first-order valence-electron chi connectivity index (χ1n) is 16.0. The van der Waals surface area contributed by atoms with Crippen molar-refractivity contribution in [2.24, 2.45) is 5.41 Å². The van der Waals surface area contributed by atoms with Gasteiger partial charge in [-0.1, -0.05) is 29.8 Å². The number of hydrogen-bond donors (Lipinski definition) is 1. The van der Waals surface area contributed by atoms with Crippen LogP contribution in [0.1, 0.15) is 76.2 Å². The highest BCUT2D eigenvalue weighted by molar-refractivity contribution is 6.05. The van der Waals surface area contributed by atoms with Gasteiger partial charge in [-0.3, -0.25) is 9.69 Å². The van der Waals surface area contributed by atoms with Crippen molar-refractivity contribution in [2.45, 2.75) is 96.2 Å². The second-order valence-electron chi connectivity index (χ2n) is 14.4. The molecule has 2 amide bonds. The predicted molar refractivity (Wildman–Crippen MR) is 171 cm³/mol. The normalized spacial score (nSPS) is 29.2. The van der Waals surface area contributed by atoms with Gasteiger partial charge in [0.25, 0.3) is 5.91 Å². The zero-order valence-electron chi connectivity index (χ0n) is 27.0. The van der Waals surface area contributed by atoms with Crippen molar-refractivity contribution in [3.8, 4) is 0 Å². The highest BCUT2D eigenvalue weighted by Gasteiger charge is 2.57.